The van der Waals surface area contributed by atoms with Gasteiger partial charge in [0.05, 0.1) is 0 Å². The molecule has 0 bridgehead atoms. The molecule has 0 aliphatic heterocycles. The topological polar surface area (TPSA) is 135 Å². The number of sulfonamides is 2. The second kappa shape index (κ2) is 9.48. The highest BCUT2D eigenvalue weighted by atomic mass is 32.3. The molecule has 0 saturated heterocycles. The minimum absolute atomic E-state index is 0.113. The van der Waals surface area contributed by atoms with Gasteiger partial charge >= 0.3 is 32.1 Å². The number of rotatable bonds is 10. The van der Waals surface area contributed by atoms with E-state index in [0.717, 1.165) is 37.8 Å². The van der Waals surface area contributed by atoms with Gasteiger partial charge in [0, 0.05) is 0 Å². The molecule has 0 heterocycles. The van der Waals surface area contributed by atoms with E-state index in [0.29, 0.717) is 9.69 Å². The van der Waals surface area contributed by atoms with Gasteiger partial charge in [-0.1, -0.05) is 25.0 Å². The first kappa shape index (κ1) is 30.4. The number of hydrogen-bond donors (Lipinski definition) is 0. The molecule has 36 heavy (non-hydrogen) atoms. The number of halogens is 9. The minimum atomic E-state index is -7.99. The smallest absolute Gasteiger partial charge is 0.423 e. The van der Waals surface area contributed by atoms with Crippen molar-refractivity contribution in [1.82, 2.24) is 0 Å². The summed E-state index contributed by atoms with van der Waals surface area (Å²) in [4.78, 5) is 3.93. The van der Waals surface area contributed by atoms with E-state index in [1.165, 1.54) is 12.1 Å². The lowest BCUT2D eigenvalue weighted by molar-refractivity contribution is -0.251. The first-order chi connectivity index (χ1) is 16.0. The average Bonchev–Trinajstić information content (AvgIpc) is 3.25. The molecule has 1 fully saturated rings. The normalized spacial score (nSPS) is 17.4. The second-order valence-electron chi connectivity index (χ2n) is 7.23. The standard InChI is InChI=1S/C15H13F9NO8S3/c16-12(17,13(18,19)34(26,27)25-35(28,29)15(22,23)24)14(20,21)36(30,31)33-32-11-7-5-10(6-8-11)9-3-1-2-4-9/h5-9H,1-4H2/q-1. The van der Waals surface area contributed by atoms with Crippen molar-refractivity contribution in [2.45, 2.75) is 53.5 Å². The highest BCUT2D eigenvalue weighted by molar-refractivity contribution is 8.13. The van der Waals surface area contributed by atoms with E-state index in [4.69, 9.17) is 0 Å². The van der Waals surface area contributed by atoms with Crippen LogP contribution in [-0.2, 0) is 34.5 Å². The highest BCUT2D eigenvalue weighted by Crippen LogP contribution is 2.53. The van der Waals surface area contributed by atoms with Gasteiger partial charge < -0.3 is 9.01 Å². The lowest BCUT2D eigenvalue weighted by Gasteiger charge is -2.34. The number of hydrogen-bond acceptors (Lipinski definition) is 8. The Morgan fingerprint density at radius 2 is 1.19 bits per heavy atom. The van der Waals surface area contributed by atoms with Crippen molar-refractivity contribution in [2.75, 3.05) is 0 Å². The first-order valence-electron chi connectivity index (χ1n) is 9.14. The van der Waals surface area contributed by atoms with Crippen molar-refractivity contribution in [3.63, 3.8) is 0 Å². The Bertz CT molecular complexity index is 1270. The van der Waals surface area contributed by atoms with E-state index in [1.54, 1.807) is 0 Å². The molecule has 1 aliphatic rings. The maximum Gasteiger partial charge on any atom is 0.480 e. The fourth-order valence-corrected chi connectivity index (χ4v) is 5.85. The van der Waals surface area contributed by atoms with Gasteiger partial charge in [0.2, 0.25) is 0 Å². The zero-order valence-corrected chi connectivity index (χ0v) is 19.5. The predicted molar refractivity (Wildman–Crippen MR) is 100 cm³/mol. The van der Waals surface area contributed by atoms with Crippen LogP contribution in [0.5, 0.6) is 5.75 Å². The molecule has 1 aromatic rings. The first-order valence-corrected chi connectivity index (χ1v) is 13.4. The van der Waals surface area contributed by atoms with Crippen LogP contribution < -0.4 is 4.89 Å². The molecule has 0 spiro atoms. The van der Waals surface area contributed by atoms with Crippen LogP contribution in [0.2, 0.25) is 0 Å². The van der Waals surface area contributed by atoms with E-state index < -0.39 is 57.9 Å². The molecule has 1 aliphatic carbocycles. The van der Waals surface area contributed by atoms with Crippen LogP contribution in [0, 0.1) is 0 Å². The highest BCUT2D eigenvalue weighted by Gasteiger charge is 2.81. The van der Waals surface area contributed by atoms with Gasteiger partial charge in [-0.05, 0) is 40.8 Å². The molecular weight excluding hydrogens is 589 g/mol. The molecule has 21 heteroatoms. The van der Waals surface area contributed by atoms with Gasteiger partial charge in [-0.3, -0.25) is 0 Å². The van der Waals surface area contributed by atoms with Crippen LogP contribution in [-0.4, -0.2) is 47.2 Å². The molecule has 0 radical (unpaired) electrons. The Labute approximate surface area is 197 Å². The van der Waals surface area contributed by atoms with E-state index in [9.17, 15) is 64.8 Å². The van der Waals surface area contributed by atoms with Crippen LogP contribution in [0.1, 0.15) is 37.2 Å². The van der Waals surface area contributed by atoms with Crippen LogP contribution in [0.4, 0.5) is 39.5 Å². The molecule has 208 valence electrons. The summed E-state index contributed by atoms with van der Waals surface area (Å²) in [6.45, 7) is 0. The molecule has 0 aromatic heterocycles. The third-order valence-electron chi connectivity index (χ3n) is 4.78. The maximum atomic E-state index is 13.9. The Hall–Kier alpha value is -1.84. The zero-order chi connectivity index (χ0) is 28.0. The molecule has 0 N–H and O–H groups in total. The van der Waals surface area contributed by atoms with Crippen LogP contribution in [0.25, 0.3) is 4.13 Å². The fraction of sp³-hybridized carbons (Fsp3) is 0.600. The van der Waals surface area contributed by atoms with Crippen molar-refractivity contribution in [3.05, 3.63) is 34.0 Å². The Morgan fingerprint density at radius 1 is 0.722 bits per heavy atom. The van der Waals surface area contributed by atoms with Gasteiger partial charge in [0.25, 0.3) is 0 Å². The van der Waals surface area contributed by atoms with Gasteiger partial charge in [-0.15, -0.1) is 0 Å². The summed E-state index contributed by atoms with van der Waals surface area (Å²) in [5.41, 5.74) is -6.01. The van der Waals surface area contributed by atoms with Gasteiger partial charge in [-0.25, -0.2) is 16.8 Å². The summed E-state index contributed by atoms with van der Waals surface area (Å²) < 4.78 is 190. The van der Waals surface area contributed by atoms with E-state index >= 15 is 0 Å². The zero-order valence-electron chi connectivity index (χ0n) is 17.1. The molecule has 0 atom stereocenters. The monoisotopic (exact) mass is 602 g/mol. The molecule has 1 aromatic carbocycles. The molecule has 0 unspecified atom stereocenters. The van der Waals surface area contributed by atoms with Crippen molar-refractivity contribution in [1.29, 1.82) is 0 Å². The van der Waals surface area contributed by atoms with Gasteiger partial charge in [-0.2, -0.15) is 47.9 Å². The third-order valence-corrected chi connectivity index (χ3v) is 8.98. The van der Waals surface area contributed by atoms with Crippen molar-refractivity contribution < 1.29 is 74.0 Å². The van der Waals surface area contributed by atoms with Crippen molar-refractivity contribution in [2.24, 2.45) is 0 Å². The average molecular weight is 602 g/mol. The Balaban J connectivity index is 2.28. The molecular formula is C15H13F9NO8S3-. The van der Waals surface area contributed by atoms with Crippen LogP contribution >= 0.6 is 0 Å². The van der Waals surface area contributed by atoms with Crippen LogP contribution in [0.3, 0.4) is 0 Å². The number of alkyl halides is 9. The number of nitrogens with zero attached hydrogens (tertiary/aromatic N) is 1. The fourth-order valence-electron chi connectivity index (χ4n) is 2.89. The lowest BCUT2D eigenvalue weighted by atomic mass is 9.98. The van der Waals surface area contributed by atoms with Crippen molar-refractivity contribution >= 4 is 30.2 Å². The lowest BCUT2D eigenvalue weighted by Crippen LogP contribution is -2.61. The summed E-state index contributed by atoms with van der Waals surface area (Å²) in [5.74, 6) is -8.22. The van der Waals surface area contributed by atoms with Gasteiger partial charge in [0.1, 0.15) is 0 Å². The molecule has 1 saturated carbocycles. The minimum Gasteiger partial charge on any atom is -0.423 e. The van der Waals surface area contributed by atoms with E-state index in [1.807, 2.05) is 0 Å². The number of benzene rings is 1. The largest absolute Gasteiger partial charge is 0.480 e. The molecule has 9 nitrogen and oxygen atoms in total. The summed E-state index contributed by atoms with van der Waals surface area (Å²) in [7, 11) is -22.8. The maximum absolute atomic E-state index is 13.9. The molecule has 0 amide bonds. The van der Waals surface area contributed by atoms with Crippen molar-refractivity contribution in [3.8, 4) is 5.75 Å². The summed E-state index contributed by atoms with van der Waals surface area (Å²) in [6.07, 6.45) is 3.45. The summed E-state index contributed by atoms with van der Waals surface area (Å²) in [6, 6.07) is 4.55. The summed E-state index contributed by atoms with van der Waals surface area (Å²) in [5, 5.41) is -14.7. The summed E-state index contributed by atoms with van der Waals surface area (Å²) >= 11 is 0. The second-order valence-corrected chi connectivity index (χ2v) is 12.3. The quantitative estimate of drug-likeness (QED) is 0.219. The third kappa shape index (κ3) is 5.38. The predicted octanol–water partition coefficient (Wildman–Crippen LogP) is 4.36. The van der Waals surface area contributed by atoms with Crippen LogP contribution in [0.15, 0.2) is 24.3 Å². The Morgan fingerprint density at radius 3 is 1.64 bits per heavy atom. The van der Waals surface area contributed by atoms with Gasteiger partial charge in [0.15, 0.2) is 25.8 Å². The van der Waals surface area contributed by atoms with E-state index in [2.05, 4.69) is 9.22 Å². The van der Waals surface area contributed by atoms with E-state index in [-0.39, 0.29) is 5.92 Å². The Kier molecular flexibility index (Phi) is 8.00. The SMILES string of the molecule is O=S(=O)([N-]S(=O)(=O)C(F)(F)C(F)(F)C(F)(F)S(=O)(=O)OOc1ccc(C2CCCC2)cc1)C(F)(F)F. The molecule has 2 rings (SSSR count).